The Balaban J connectivity index is 2.10. The largest absolute Gasteiger partial charge is 0.336 e. The van der Waals surface area contributed by atoms with Gasteiger partial charge in [0.15, 0.2) is 0 Å². The summed E-state index contributed by atoms with van der Waals surface area (Å²) >= 11 is 3.52. The van der Waals surface area contributed by atoms with Crippen LogP contribution in [-0.2, 0) is 13.5 Å². The third-order valence-electron chi connectivity index (χ3n) is 3.47. The second-order valence-electron chi connectivity index (χ2n) is 4.81. The van der Waals surface area contributed by atoms with Crippen LogP contribution in [0.3, 0.4) is 0 Å². The van der Waals surface area contributed by atoms with Crippen molar-refractivity contribution in [3.05, 3.63) is 34.5 Å². The number of nitrogens with one attached hydrogen (secondary N) is 1. The zero-order valence-electron chi connectivity index (χ0n) is 11.4. The number of benzene rings is 1. The van der Waals surface area contributed by atoms with Crippen molar-refractivity contribution in [2.45, 2.75) is 13.3 Å². The minimum Gasteiger partial charge on any atom is -0.336 e. The standard InChI is InChI=1S/C14H16BrN5/c1-8-17-10-7-9(3-4-11(10)20(8)2)13-14(15)19-12(18-13)5-6-16/h3-4,7H,5-6,16H2,1-2H3,(H,18,19). The zero-order valence-corrected chi connectivity index (χ0v) is 13.0. The molecule has 3 aromatic rings. The minimum atomic E-state index is 0.581. The predicted molar refractivity (Wildman–Crippen MR) is 83.5 cm³/mol. The molecule has 20 heavy (non-hydrogen) atoms. The summed E-state index contributed by atoms with van der Waals surface area (Å²) in [6.07, 6.45) is 0.740. The van der Waals surface area contributed by atoms with Crippen molar-refractivity contribution in [2.24, 2.45) is 12.8 Å². The first kappa shape index (κ1) is 13.3. The Hall–Kier alpha value is -1.66. The predicted octanol–water partition coefficient (Wildman–Crippen LogP) is 2.54. The third kappa shape index (κ3) is 2.14. The molecule has 2 aromatic heterocycles. The molecule has 0 bridgehead atoms. The normalized spacial score (nSPS) is 11.4. The number of nitrogens with two attached hydrogens (primary N) is 1. The van der Waals surface area contributed by atoms with E-state index in [0.29, 0.717) is 6.54 Å². The number of H-pyrrole nitrogens is 1. The summed E-state index contributed by atoms with van der Waals surface area (Å²) in [6, 6.07) is 6.21. The molecule has 0 amide bonds. The van der Waals surface area contributed by atoms with Gasteiger partial charge in [0.05, 0.1) is 11.0 Å². The van der Waals surface area contributed by atoms with Crippen LogP contribution in [0.4, 0.5) is 0 Å². The van der Waals surface area contributed by atoms with Gasteiger partial charge in [-0.15, -0.1) is 0 Å². The average Bonchev–Trinajstić information content (AvgIpc) is 2.91. The lowest BCUT2D eigenvalue weighted by molar-refractivity contribution is 0.886. The van der Waals surface area contributed by atoms with Gasteiger partial charge in [-0.1, -0.05) is 6.07 Å². The van der Waals surface area contributed by atoms with Crippen LogP contribution in [-0.4, -0.2) is 26.1 Å². The van der Waals surface area contributed by atoms with Crippen LogP contribution in [0.1, 0.15) is 11.6 Å². The molecule has 5 nitrogen and oxygen atoms in total. The first-order valence-corrected chi connectivity index (χ1v) is 7.27. The summed E-state index contributed by atoms with van der Waals surface area (Å²) < 4.78 is 2.96. The van der Waals surface area contributed by atoms with E-state index in [2.05, 4.69) is 53.6 Å². The molecule has 3 N–H and O–H groups in total. The number of fused-ring (bicyclic) bond motifs is 1. The molecule has 0 aliphatic carbocycles. The first-order valence-electron chi connectivity index (χ1n) is 6.48. The monoisotopic (exact) mass is 333 g/mol. The van der Waals surface area contributed by atoms with E-state index in [9.17, 15) is 0 Å². The van der Waals surface area contributed by atoms with Gasteiger partial charge < -0.3 is 15.3 Å². The number of aryl methyl sites for hydroxylation is 2. The second kappa shape index (κ2) is 5.03. The van der Waals surface area contributed by atoms with Gasteiger partial charge in [0.2, 0.25) is 0 Å². The smallest absolute Gasteiger partial charge is 0.110 e. The van der Waals surface area contributed by atoms with Crippen LogP contribution >= 0.6 is 15.9 Å². The quantitative estimate of drug-likeness (QED) is 0.773. The van der Waals surface area contributed by atoms with Crippen molar-refractivity contribution in [3.63, 3.8) is 0 Å². The van der Waals surface area contributed by atoms with E-state index >= 15 is 0 Å². The van der Waals surface area contributed by atoms with Gasteiger partial charge in [-0.25, -0.2) is 9.97 Å². The van der Waals surface area contributed by atoms with Gasteiger partial charge >= 0.3 is 0 Å². The maximum Gasteiger partial charge on any atom is 0.110 e. The molecule has 0 aliphatic heterocycles. The van der Waals surface area contributed by atoms with Crippen molar-refractivity contribution in [1.82, 2.24) is 19.5 Å². The summed E-state index contributed by atoms with van der Waals surface area (Å²) in [7, 11) is 2.02. The zero-order chi connectivity index (χ0) is 14.3. The molecular weight excluding hydrogens is 318 g/mol. The molecule has 104 valence electrons. The number of halogens is 1. The number of hydrogen-bond acceptors (Lipinski definition) is 3. The summed E-state index contributed by atoms with van der Waals surface area (Å²) in [6.45, 7) is 2.58. The van der Waals surface area contributed by atoms with Crippen molar-refractivity contribution >= 4 is 27.0 Å². The SMILES string of the molecule is Cc1nc2cc(-c3nc(CCN)[nH]c3Br)ccc2n1C. The van der Waals surface area contributed by atoms with Crippen LogP contribution in [0.25, 0.3) is 22.3 Å². The molecule has 0 radical (unpaired) electrons. The summed E-state index contributed by atoms with van der Waals surface area (Å²) in [5.74, 6) is 1.90. The molecule has 0 atom stereocenters. The molecule has 6 heteroatoms. The van der Waals surface area contributed by atoms with Gasteiger partial charge in [-0.05, 0) is 41.5 Å². The molecule has 0 aliphatic rings. The van der Waals surface area contributed by atoms with Crippen LogP contribution in [0.5, 0.6) is 0 Å². The van der Waals surface area contributed by atoms with Crippen molar-refractivity contribution in [1.29, 1.82) is 0 Å². The van der Waals surface area contributed by atoms with Gasteiger partial charge in [0.25, 0.3) is 0 Å². The third-order valence-corrected chi connectivity index (χ3v) is 4.04. The Labute approximate surface area is 125 Å². The summed E-state index contributed by atoms with van der Waals surface area (Å²) in [5.41, 5.74) is 9.62. The van der Waals surface area contributed by atoms with E-state index in [1.807, 2.05) is 14.0 Å². The average molecular weight is 334 g/mol. The molecule has 2 heterocycles. The lowest BCUT2D eigenvalue weighted by atomic mass is 10.1. The Bertz CT molecular complexity index is 771. The second-order valence-corrected chi connectivity index (χ2v) is 5.60. The lowest BCUT2D eigenvalue weighted by Crippen LogP contribution is -2.03. The topological polar surface area (TPSA) is 72.5 Å². The fourth-order valence-electron chi connectivity index (χ4n) is 2.31. The molecule has 3 rings (SSSR count). The summed E-state index contributed by atoms with van der Waals surface area (Å²) in [5, 5.41) is 0. The van der Waals surface area contributed by atoms with E-state index in [1.165, 1.54) is 0 Å². The number of aromatic amines is 1. The molecule has 0 fully saturated rings. The summed E-state index contributed by atoms with van der Waals surface area (Å²) in [4.78, 5) is 12.4. The molecule has 0 spiro atoms. The van der Waals surface area contributed by atoms with Crippen molar-refractivity contribution in [2.75, 3.05) is 6.54 Å². The molecule has 0 unspecified atom stereocenters. The Morgan fingerprint density at radius 2 is 2.15 bits per heavy atom. The Morgan fingerprint density at radius 3 is 2.90 bits per heavy atom. The van der Waals surface area contributed by atoms with E-state index < -0.39 is 0 Å². The first-order chi connectivity index (χ1) is 9.60. The highest BCUT2D eigenvalue weighted by atomic mass is 79.9. The number of rotatable bonds is 3. The van der Waals surface area contributed by atoms with Crippen LogP contribution in [0.2, 0.25) is 0 Å². The number of aromatic nitrogens is 4. The van der Waals surface area contributed by atoms with Crippen LogP contribution in [0, 0.1) is 6.92 Å². The highest BCUT2D eigenvalue weighted by molar-refractivity contribution is 9.10. The van der Waals surface area contributed by atoms with Crippen LogP contribution < -0.4 is 5.73 Å². The number of hydrogen-bond donors (Lipinski definition) is 2. The van der Waals surface area contributed by atoms with Gasteiger partial charge in [-0.3, -0.25) is 0 Å². The number of imidazole rings is 2. The molecule has 0 saturated carbocycles. The van der Waals surface area contributed by atoms with Crippen molar-refractivity contribution < 1.29 is 0 Å². The highest BCUT2D eigenvalue weighted by Crippen LogP contribution is 2.28. The lowest BCUT2D eigenvalue weighted by Gasteiger charge is -1.99. The fraction of sp³-hybridized carbons (Fsp3) is 0.286. The minimum absolute atomic E-state index is 0.581. The van der Waals surface area contributed by atoms with Crippen molar-refractivity contribution in [3.8, 4) is 11.3 Å². The van der Waals surface area contributed by atoms with Gasteiger partial charge in [0.1, 0.15) is 21.9 Å². The van der Waals surface area contributed by atoms with E-state index in [1.54, 1.807) is 0 Å². The van der Waals surface area contributed by atoms with Gasteiger partial charge in [-0.2, -0.15) is 0 Å². The molecule has 0 saturated heterocycles. The Kier molecular flexibility index (Phi) is 3.35. The Morgan fingerprint density at radius 1 is 1.35 bits per heavy atom. The maximum atomic E-state index is 5.56. The van der Waals surface area contributed by atoms with E-state index in [0.717, 1.165) is 45.0 Å². The maximum absolute atomic E-state index is 5.56. The van der Waals surface area contributed by atoms with Gasteiger partial charge in [0, 0.05) is 19.0 Å². The molecular formula is C14H16BrN5. The van der Waals surface area contributed by atoms with Crippen LogP contribution in [0.15, 0.2) is 22.8 Å². The highest BCUT2D eigenvalue weighted by Gasteiger charge is 2.12. The fourth-order valence-corrected chi connectivity index (χ4v) is 2.86. The number of nitrogens with zero attached hydrogens (tertiary/aromatic N) is 3. The van der Waals surface area contributed by atoms with E-state index in [-0.39, 0.29) is 0 Å². The molecule has 1 aromatic carbocycles. The van der Waals surface area contributed by atoms with E-state index in [4.69, 9.17) is 5.73 Å².